The van der Waals surface area contributed by atoms with E-state index in [2.05, 4.69) is 42.6 Å². The normalized spacial score (nSPS) is 16.3. The fraction of sp³-hybridized carbons (Fsp3) is 0.294. The van der Waals surface area contributed by atoms with Crippen LogP contribution < -0.4 is 5.32 Å². The Morgan fingerprint density at radius 1 is 1.05 bits per heavy atom. The van der Waals surface area contributed by atoms with Crippen LogP contribution in [0.3, 0.4) is 0 Å². The predicted octanol–water partition coefficient (Wildman–Crippen LogP) is 4.16. The first-order valence-electron chi connectivity index (χ1n) is 6.80. The van der Waals surface area contributed by atoms with Crippen molar-refractivity contribution in [1.29, 1.82) is 0 Å². The SMILES string of the molecule is C[C@H](NC1Cc2ccccc2C1)c1cccc(Cl)c1. The summed E-state index contributed by atoms with van der Waals surface area (Å²) in [6.07, 6.45) is 2.25. The van der Waals surface area contributed by atoms with Gasteiger partial charge in [-0.25, -0.2) is 0 Å². The highest BCUT2D eigenvalue weighted by Gasteiger charge is 2.22. The van der Waals surface area contributed by atoms with Crippen molar-refractivity contribution in [3.63, 3.8) is 0 Å². The van der Waals surface area contributed by atoms with Gasteiger partial charge in [-0.05, 0) is 48.6 Å². The summed E-state index contributed by atoms with van der Waals surface area (Å²) in [6, 6.07) is 17.7. The molecule has 0 aromatic heterocycles. The second-order valence-corrected chi connectivity index (χ2v) is 5.75. The highest BCUT2D eigenvalue weighted by atomic mass is 35.5. The molecule has 98 valence electrons. The van der Waals surface area contributed by atoms with Crippen LogP contribution in [0.15, 0.2) is 48.5 Å². The number of benzene rings is 2. The number of rotatable bonds is 3. The maximum atomic E-state index is 6.05. The van der Waals surface area contributed by atoms with E-state index in [0.717, 1.165) is 17.9 Å². The van der Waals surface area contributed by atoms with Gasteiger partial charge in [-0.3, -0.25) is 0 Å². The van der Waals surface area contributed by atoms with Gasteiger partial charge >= 0.3 is 0 Å². The van der Waals surface area contributed by atoms with Crippen molar-refractivity contribution in [2.45, 2.75) is 31.8 Å². The van der Waals surface area contributed by atoms with Crippen LogP contribution in [0.1, 0.15) is 29.7 Å². The summed E-state index contributed by atoms with van der Waals surface area (Å²) in [5.41, 5.74) is 4.22. The zero-order chi connectivity index (χ0) is 13.2. The Morgan fingerprint density at radius 2 is 1.74 bits per heavy atom. The van der Waals surface area contributed by atoms with E-state index in [9.17, 15) is 0 Å². The summed E-state index contributed by atoms with van der Waals surface area (Å²) in [4.78, 5) is 0. The first-order valence-corrected chi connectivity index (χ1v) is 7.18. The Kier molecular flexibility index (Phi) is 3.58. The Bertz CT molecular complexity index is 554. The molecular formula is C17H18ClN. The van der Waals surface area contributed by atoms with Crippen molar-refractivity contribution in [3.8, 4) is 0 Å². The maximum Gasteiger partial charge on any atom is 0.0409 e. The lowest BCUT2D eigenvalue weighted by molar-refractivity contribution is 0.467. The topological polar surface area (TPSA) is 12.0 Å². The van der Waals surface area contributed by atoms with E-state index in [1.807, 2.05) is 18.2 Å². The molecule has 3 rings (SSSR count). The van der Waals surface area contributed by atoms with Gasteiger partial charge < -0.3 is 5.32 Å². The molecular weight excluding hydrogens is 254 g/mol. The van der Waals surface area contributed by atoms with E-state index in [1.165, 1.54) is 16.7 Å². The van der Waals surface area contributed by atoms with E-state index >= 15 is 0 Å². The first-order chi connectivity index (χ1) is 9.22. The molecule has 1 aliphatic carbocycles. The lowest BCUT2D eigenvalue weighted by atomic mass is 10.1. The largest absolute Gasteiger partial charge is 0.307 e. The van der Waals surface area contributed by atoms with E-state index in [4.69, 9.17) is 11.6 Å². The molecule has 2 aromatic rings. The second kappa shape index (κ2) is 5.36. The molecule has 1 nitrogen and oxygen atoms in total. The number of halogens is 1. The minimum absolute atomic E-state index is 0.331. The summed E-state index contributed by atoms with van der Waals surface area (Å²) in [7, 11) is 0. The molecule has 1 aliphatic rings. The molecule has 0 radical (unpaired) electrons. The molecule has 0 fully saturated rings. The molecule has 19 heavy (non-hydrogen) atoms. The molecule has 0 unspecified atom stereocenters. The molecule has 0 heterocycles. The van der Waals surface area contributed by atoms with Crippen molar-refractivity contribution in [1.82, 2.24) is 5.32 Å². The fourth-order valence-corrected chi connectivity index (χ4v) is 3.10. The molecule has 2 aromatic carbocycles. The lowest BCUT2D eigenvalue weighted by Gasteiger charge is -2.19. The minimum Gasteiger partial charge on any atom is -0.307 e. The van der Waals surface area contributed by atoms with E-state index in [1.54, 1.807) is 0 Å². The summed E-state index contributed by atoms with van der Waals surface area (Å²) >= 11 is 6.05. The lowest BCUT2D eigenvalue weighted by Crippen LogP contribution is -2.32. The van der Waals surface area contributed by atoms with Gasteiger partial charge in [0.1, 0.15) is 0 Å². The van der Waals surface area contributed by atoms with Gasteiger partial charge in [0.25, 0.3) is 0 Å². The van der Waals surface area contributed by atoms with Gasteiger partial charge in [-0.15, -0.1) is 0 Å². The zero-order valence-electron chi connectivity index (χ0n) is 11.1. The van der Waals surface area contributed by atoms with Crippen LogP contribution in [-0.4, -0.2) is 6.04 Å². The average Bonchev–Trinajstić information content (AvgIpc) is 2.80. The van der Waals surface area contributed by atoms with Crippen LogP contribution in [0.5, 0.6) is 0 Å². The summed E-state index contributed by atoms with van der Waals surface area (Å²) in [6.45, 7) is 2.20. The summed E-state index contributed by atoms with van der Waals surface area (Å²) in [5, 5.41) is 4.52. The third-order valence-electron chi connectivity index (χ3n) is 3.89. The number of nitrogens with one attached hydrogen (secondary N) is 1. The molecule has 0 amide bonds. The standard InChI is InChI=1S/C17H18ClN/c1-12(13-7-4-8-16(18)9-13)19-17-10-14-5-2-3-6-15(14)11-17/h2-9,12,17,19H,10-11H2,1H3/t12-/m0/s1. The van der Waals surface area contributed by atoms with E-state index in [0.29, 0.717) is 12.1 Å². The van der Waals surface area contributed by atoms with E-state index < -0.39 is 0 Å². The second-order valence-electron chi connectivity index (χ2n) is 5.32. The molecule has 0 aliphatic heterocycles. The highest BCUT2D eigenvalue weighted by Crippen LogP contribution is 2.24. The molecule has 0 saturated carbocycles. The number of hydrogen-bond acceptors (Lipinski definition) is 1. The van der Waals surface area contributed by atoms with Crippen LogP contribution in [0, 0.1) is 0 Å². The van der Waals surface area contributed by atoms with Crippen LogP contribution in [0.4, 0.5) is 0 Å². The number of fused-ring (bicyclic) bond motifs is 1. The van der Waals surface area contributed by atoms with Crippen molar-refractivity contribution in [2.75, 3.05) is 0 Å². The van der Waals surface area contributed by atoms with Gasteiger partial charge in [0.05, 0.1) is 0 Å². The third-order valence-corrected chi connectivity index (χ3v) is 4.12. The van der Waals surface area contributed by atoms with Crippen LogP contribution in [-0.2, 0) is 12.8 Å². The molecule has 0 bridgehead atoms. The van der Waals surface area contributed by atoms with Crippen LogP contribution in [0.2, 0.25) is 5.02 Å². The minimum atomic E-state index is 0.331. The average molecular weight is 272 g/mol. The highest BCUT2D eigenvalue weighted by molar-refractivity contribution is 6.30. The van der Waals surface area contributed by atoms with Gasteiger partial charge in [-0.2, -0.15) is 0 Å². The summed E-state index contributed by atoms with van der Waals surface area (Å²) < 4.78 is 0. The van der Waals surface area contributed by atoms with Crippen molar-refractivity contribution in [2.24, 2.45) is 0 Å². The van der Waals surface area contributed by atoms with E-state index in [-0.39, 0.29) is 0 Å². The Balaban J connectivity index is 1.67. The molecule has 2 heteroatoms. The summed E-state index contributed by atoms with van der Waals surface area (Å²) in [5.74, 6) is 0. The molecule has 0 spiro atoms. The Hall–Kier alpha value is -1.31. The third kappa shape index (κ3) is 2.83. The maximum absolute atomic E-state index is 6.05. The first kappa shape index (κ1) is 12.7. The zero-order valence-corrected chi connectivity index (χ0v) is 11.8. The predicted molar refractivity (Wildman–Crippen MR) is 80.6 cm³/mol. The Labute approximate surface area is 119 Å². The Morgan fingerprint density at radius 3 is 2.37 bits per heavy atom. The number of hydrogen-bond donors (Lipinski definition) is 1. The molecule has 1 N–H and O–H groups in total. The monoisotopic (exact) mass is 271 g/mol. The smallest absolute Gasteiger partial charge is 0.0409 e. The molecule has 1 atom stereocenters. The van der Waals surface area contributed by atoms with Crippen molar-refractivity contribution in [3.05, 3.63) is 70.2 Å². The van der Waals surface area contributed by atoms with Crippen molar-refractivity contribution < 1.29 is 0 Å². The molecule has 0 saturated heterocycles. The quantitative estimate of drug-likeness (QED) is 0.884. The van der Waals surface area contributed by atoms with Gasteiger partial charge in [0.2, 0.25) is 0 Å². The van der Waals surface area contributed by atoms with Crippen LogP contribution >= 0.6 is 11.6 Å². The van der Waals surface area contributed by atoms with Gasteiger partial charge in [0.15, 0.2) is 0 Å². The van der Waals surface area contributed by atoms with Gasteiger partial charge in [-0.1, -0.05) is 48.0 Å². The van der Waals surface area contributed by atoms with Crippen LogP contribution in [0.25, 0.3) is 0 Å². The van der Waals surface area contributed by atoms with Crippen molar-refractivity contribution >= 4 is 11.6 Å². The fourth-order valence-electron chi connectivity index (χ4n) is 2.90. The van der Waals surface area contributed by atoms with Gasteiger partial charge in [0, 0.05) is 17.1 Å².